The van der Waals surface area contributed by atoms with Crippen molar-refractivity contribution < 1.29 is 13.2 Å². The van der Waals surface area contributed by atoms with Gasteiger partial charge in [-0.25, -0.2) is 0 Å². The quantitative estimate of drug-likeness (QED) is 0.456. The molecule has 1 atom stereocenters. The van der Waals surface area contributed by atoms with Crippen molar-refractivity contribution in [2.45, 2.75) is 31.5 Å². The summed E-state index contributed by atoms with van der Waals surface area (Å²) in [7, 11) is 1.80. The molecule has 6 nitrogen and oxygen atoms in total. The van der Waals surface area contributed by atoms with Crippen molar-refractivity contribution in [3.8, 4) is 6.07 Å². The van der Waals surface area contributed by atoms with E-state index < -0.39 is 11.7 Å². The molecule has 1 aliphatic rings. The van der Waals surface area contributed by atoms with Gasteiger partial charge in [0.25, 0.3) is 0 Å². The second kappa shape index (κ2) is 8.38. The first-order valence-electron chi connectivity index (χ1n) is 10.1. The highest BCUT2D eigenvalue weighted by Gasteiger charge is 2.39. The van der Waals surface area contributed by atoms with Crippen LogP contribution in [-0.2, 0) is 19.6 Å². The minimum absolute atomic E-state index is 0.199. The van der Waals surface area contributed by atoms with E-state index in [9.17, 15) is 18.4 Å². The average molecular weight is 438 g/mol. The standard InChI is InChI=1S/C23H21F3N6/c1-32-13-17(12-29-32)31-21-9-16(7-5-14(21)10-27)30-20-4-2-3-19-18(20)8-6-15(11-28)22(19)23(24,25)26/h5-10,12-13,20,27,30-31H,2-4H2,1H3. The SMILES string of the molecule is Cn1cc(Nc2cc(NC3CCCc4c3ccc(C#N)c4C(F)(F)F)ccc2C=N)cn1. The smallest absolute Gasteiger partial charge is 0.378 e. The predicted octanol–water partition coefficient (Wildman–Crippen LogP) is 5.54. The Balaban J connectivity index is 1.67. The van der Waals surface area contributed by atoms with Crippen molar-refractivity contribution in [2.75, 3.05) is 10.6 Å². The summed E-state index contributed by atoms with van der Waals surface area (Å²) in [6.07, 6.45) is 1.67. The van der Waals surface area contributed by atoms with Gasteiger partial charge in [-0.1, -0.05) is 6.07 Å². The van der Waals surface area contributed by atoms with Crippen LogP contribution in [0.15, 0.2) is 42.7 Å². The lowest BCUT2D eigenvalue weighted by Gasteiger charge is -2.30. The molecule has 4 rings (SSSR count). The maximum Gasteiger partial charge on any atom is 0.417 e. The highest BCUT2D eigenvalue weighted by Crippen LogP contribution is 2.42. The summed E-state index contributed by atoms with van der Waals surface area (Å²) >= 11 is 0. The van der Waals surface area contributed by atoms with Crippen LogP contribution in [0.2, 0.25) is 0 Å². The molecular formula is C23H21F3N6. The van der Waals surface area contributed by atoms with E-state index in [1.807, 2.05) is 6.07 Å². The normalized spacial score (nSPS) is 15.5. The maximum absolute atomic E-state index is 13.7. The van der Waals surface area contributed by atoms with E-state index in [0.717, 1.165) is 11.4 Å². The number of rotatable bonds is 5. The van der Waals surface area contributed by atoms with Gasteiger partial charge in [0, 0.05) is 36.4 Å². The third kappa shape index (κ3) is 4.17. The van der Waals surface area contributed by atoms with Gasteiger partial charge in [-0.05, 0) is 54.7 Å². The van der Waals surface area contributed by atoms with Gasteiger partial charge in [-0.15, -0.1) is 0 Å². The van der Waals surface area contributed by atoms with E-state index in [1.54, 1.807) is 48.4 Å². The van der Waals surface area contributed by atoms with E-state index in [4.69, 9.17) is 5.41 Å². The molecule has 1 heterocycles. The molecule has 1 aliphatic carbocycles. The average Bonchev–Trinajstić information content (AvgIpc) is 3.17. The zero-order valence-corrected chi connectivity index (χ0v) is 17.3. The first kappa shape index (κ1) is 21.4. The molecule has 0 saturated heterocycles. The fraction of sp³-hybridized carbons (Fsp3) is 0.261. The van der Waals surface area contributed by atoms with Crippen LogP contribution in [0.25, 0.3) is 0 Å². The Morgan fingerprint density at radius 1 is 1.25 bits per heavy atom. The number of nitrogens with one attached hydrogen (secondary N) is 3. The summed E-state index contributed by atoms with van der Waals surface area (Å²) in [5.41, 5.74) is 2.45. The number of alkyl halides is 3. The number of benzene rings is 2. The minimum atomic E-state index is -4.58. The zero-order chi connectivity index (χ0) is 22.9. The van der Waals surface area contributed by atoms with Gasteiger partial charge in [-0.2, -0.15) is 23.5 Å². The second-order valence-corrected chi connectivity index (χ2v) is 7.73. The molecule has 0 aliphatic heterocycles. The fourth-order valence-corrected chi connectivity index (χ4v) is 4.19. The number of hydrogen-bond donors (Lipinski definition) is 3. The first-order chi connectivity index (χ1) is 15.3. The Labute approximate surface area is 183 Å². The molecule has 0 radical (unpaired) electrons. The van der Waals surface area contributed by atoms with Gasteiger partial charge < -0.3 is 16.0 Å². The molecule has 9 heteroatoms. The Morgan fingerprint density at radius 2 is 2.06 bits per heavy atom. The summed E-state index contributed by atoms with van der Waals surface area (Å²) in [5.74, 6) is 0. The highest BCUT2D eigenvalue weighted by atomic mass is 19.4. The predicted molar refractivity (Wildman–Crippen MR) is 116 cm³/mol. The Hall–Kier alpha value is -3.80. The molecule has 1 unspecified atom stereocenters. The molecule has 0 amide bonds. The highest BCUT2D eigenvalue weighted by molar-refractivity contribution is 5.88. The monoisotopic (exact) mass is 438 g/mol. The molecule has 164 valence electrons. The van der Waals surface area contributed by atoms with Gasteiger partial charge in [0.1, 0.15) is 0 Å². The van der Waals surface area contributed by atoms with Crippen LogP contribution in [0.1, 0.15) is 46.7 Å². The number of hydrogen-bond acceptors (Lipinski definition) is 5. The van der Waals surface area contributed by atoms with Crippen LogP contribution in [0, 0.1) is 16.7 Å². The van der Waals surface area contributed by atoms with Gasteiger partial charge in [0.15, 0.2) is 0 Å². The molecule has 0 spiro atoms. The lowest BCUT2D eigenvalue weighted by molar-refractivity contribution is -0.138. The molecule has 0 bridgehead atoms. The fourth-order valence-electron chi connectivity index (χ4n) is 4.19. The molecule has 1 aromatic heterocycles. The van der Waals surface area contributed by atoms with Gasteiger partial charge >= 0.3 is 6.18 Å². The maximum atomic E-state index is 13.7. The van der Waals surface area contributed by atoms with Crippen LogP contribution >= 0.6 is 0 Å². The molecule has 3 N–H and O–H groups in total. The van der Waals surface area contributed by atoms with E-state index >= 15 is 0 Å². The lowest BCUT2D eigenvalue weighted by atomic mass is 9.82. The molecular weight excluding hydrogens is 417 g/mol. The number of aromatic nitrogens is 2. The number of aryl methyl sites for hydroxylation is 1. The molecule has 0 saturated carbocycles. The Morgan fingerprint density at radius 3 is 2.72 bits per heavy atom. The zero-order valence-electron chi connectivity index (χ0n) is 17.3. The summed E-state index contributed by atoms with van der Waals surface area (Å²) in [5, 5.41) is 27.5. The molecule has 2 aromatic carbocycles. The number of halogens is 3. The van der Waals surface area contributed by atoms with Gasteiger partial charge in [0.2, 0.25) is 0 Å². The molecule has 3 aromatic rings. The van der Waals surface area contributed by atoms with Crippen LogP contribution < -0.4 is 10.6 Å². The van der Waals surface area contributed by atoms with Crippen LogP contribution in [0.5, 0.6) is 0 Å². The van der Waals surface area contributed by atoms with Crippen molar-refractivity contribution in [3.63, 3.8) is 0 Å². The molecule has 32 heavy (non-hydrogen) atoms. The number of nitrogens with zero attached hydrogens (tertiary/aromatic N) is 3. The van der Waals surface area contributed by atoms with Crippen LogP contribution in [-0.4, -0.2) is 16.0 Å². The molecule has 0 fully saturated rings. The van der Waals surface area contributed by atoms with Crippen LogP contribution in [0.4, 0.5) is 30.2 Å². The third-order valence-electron chi connectivity index (χ3n) is 5.58. The van der Waals surface area contributed by atoms with Crippen molar-refractivity contribution >= 4 is 23.3 Å². The minimum Gasteiger partial charge on any atom is -0.378 e. The van der Waals surface area contributed by atoms with Crippen molar-refractivity contribution in [3.05, 3.63) is 70.5 Å². The number of nitriles is 1. The second-order valence-electron chi connectivity index (χ2n) is 7.73. The van der Waals surface area contributed by atoms with E-state index in [0.29, 0.717) is 36.1 Å². The van der Waals surface area contributed by atoms with E-state index in [1.165, 1.54) is 12.3 Å². The van der Waals surface area contributed by atoms with Crippen molar-refractivity contribution in [1.82, 2.24) is 9.78 Å². The largest absolute Gasteiger partial charge is 0.417 e. The summed E-state index contributed by atoms with van der Waals surface area (Å²) in [4.78, 5) is 0. The van der Waals surface area contributed by atoms with Crippen molar-refractivity contribution in [2.24, 2.45) is 7.05 Å². The van der Waals surface area contributed by atoms with Crippen molar-refractivity contribution in [1.29, 1.82) is 10.7 Å². The van der Waals surface area contributed by atoms with E-state index in [-0.39, 0.29) is 17.2 Å². The summed E-state index contributed by atoms with van der Waals surface area (Å²) in [6, 6.07) is 9.66. The van der Waals surface area contributed by atoms with Crippen LogP contribution in [0.3, 0.4) is 0 Å². The summed E-state index contributed by atoms with van der Waals surface area (Å²) in [6.45, 7) is 0. The summed E-state index contributed by atoms with van der Waals surface area (Å²) < 4.78 is 42.8. The number of fused-ring (bicyclic) bond motifs is 1. The lowest BCUT2D eigenvalue weighted by Crippen LogP contribution is -2.22. The van der Waals surface area contributed by atoms with Gasteiger partial charge in [-0.3, -0.25) is 4.68 Å². The first-order valence-corrected chi connectivity index (χ1v) is 10.1. The van der Waals surface area contributed by atoms with E-state index in [2.05, 4.69) is 15.7 Å². The third-order valence-corrected chi connectivity index (χ3v) is 5.58. The Kier molecular flexibility index (Phi) is 5.61. The Bertz CT molecular complexity index is 1210. The number of anilines is 3. The topological polar surface area (TPSA) is 89.5 Å². The van der Waals surface area contributed by atoms with Gasteiger partial charge in [0.05, 0.1) is 35.1 Å².